The molecule has 1 aromatic heterocycles. The van der Waals surface area contributed by atoms with Crippen LogP contribution in [0, 0.1) is 0 Å². The van der Waals surface area contributed by atoms with Gasteiger partial charge in [0.25, 0.3) is 10.2 Å². The van der Waals surface area contributed by atoms with E-state index in [4.69, 9.17) is 4.52 Å². The Labute approximate surface area is 141 Å². The van der Waals surface area contributed by atoms with Gasteiger partial charge < -0.3 is 9.42 Å². The van der Waals surface area contributed by atoms with E-state index in [1.165, 1.54) is 22.7 Å². The molecule has 10 heteroatoms. The monoisotopic (exact) mass is 357 g/mol. The molecule has 0 N–H and O–H groups in total. The zero-order valence-electron chi connectivity index (χ0n) is 14.2. The van der Waals surface area contributed by atoms with Crippen LogP contribution >= 0.6 is 0 Å². The number of amides is 1. The molecule has 2 aliphatic heterocycles. The Morgan fingerprint density at radius 1 is 1.21 bits per heavy atom. The van der Waals surface area contributed by atoms with Crippen LogP contribution in [0.5, 0.6) is 0 Å². The van der Waals surface area contributed by atoms with Gasteiger partial charge in [0.05, 0.1) is 5.92 Å². The van der Waals surface area contributed by atoms with Crippen molar-refractivity contribution in [3.63, 3.8) is 0 Å². The smallest absolute Gasteiger partial charge is 0.281 e. The van der Waals surface area contributed by atoms with Crippen LogP contribution in [0.25, 0.3) is 0 Å². The molecule has 0 aliphatic carbocycles. The van der Waals surface area contributed by atoms with Crippen molar-refractivity contribution < 1.29 is 17.7 Å². The molecule has 1 aromatic rings. The van der Waals surface area contributed by atoms with Gasteiger partial charge in [0, 0.05) is 53.1 Å². The molecule has 0 radical (unpaired) electrons. The molecule has 2 aliphatic rings. The number of nitrogens with zero attached hydrogens (tertiary/aromatic N) is 5. The van der Waals surface area contributed by atoms with Crippen LogP contribution in [0.3, 0.4) is 0 Å². The predicted molar refractivity (Wildman–Crippen MR) is 85.4 cm³/mol. The quantitative estimate of drug-likeness (QED) is 0.752. The summed E-state index contributed by atoms with van der Waals surface area (Å²) in [5.74, 6) is 1.42. The molecule has 134 valence electrons. The van der Waals surface area contributed by atoms with Crippen molar-refractivity contribution in [2.75, 3.05) is 40.3 Å². The molecule has 0 atom stereocenters. The van der Waals surface area contributed by atoms with Gasteiger partial charge in [-0.05, 0) is 12.8 Å². The molecule has 0 aromatic carbocycles. The average molecular weight is 357 g/mol. The fourth-order valence-corrected chi connectivity index (χ4v) is 4.24. The lowest BCUT2D eigenvalue weighted by Gasteiger charge is -2.37. The highest BCUT2D eigenvalue weighted by Gasteiger charge is 2.41. The third-order valence-electron chi connectivity index (χ3n) is 4.75. The maximum absolute atomic E-state index is 12.0. The predicted octanol–water partition coefficient (Wildman–Crippen LogP) is 0.00110. The van der Waals surface area contributed by atoms with Crippen molar-refractivity contribution in [2.24, 2.45) is 0 Å². The first-order valence-corrected chi connectivity index (χ1v) is 9.45. The van der Waals surface area contributed by atoms with Crippen molar-refractivity contribution in [3.8, 4) is 0 Å². The molecule has 2 fully saturated rings. The van der Waals surface area contributed by atoms with Crippen molar-refractivity contribution in [1.82, 2.24) is 23.7 Å². The highest BCUT2D eigenvalue weighted by atomic mass is 32.2. The Balaban J connectivity index is 1.57. The number of rotatable bonds is 4. The van der Waals surface area contributed by atoms with Crippen molar-refractivity contribution >= 4 is 16.1 Å². The summed E-state index contributed by atoms with van der Waals surface area (Å²) in [5.41, 5.74) is 0. The number of hydrogen-bond acceptors (Lipinski definition) is 6. The van der Waals surface area contributed by atoms with Gasteiger partial charge in [-0.1, -0.05) is 5.16 Å². The largest absolute Gasteiger partial charge is 0.343 e. The van der Waals surface area contributed by atoms with E-state index in [1.807, 2.05) is 4.90 Å². The minimum Gasteiger partial charge on any atom is -0.343 e. The average Bonchev–Trinajstić information content (AvgIpc) is 2.94. The van der Waals surface area contributed by atoms with Gasteiger partial charge in [-0.25, -0.2) is 0 Å². The molecular weight excluding hydrogens is 334 g/mol. The van der Waals surface area contributed by atoms with E-state index >= 15 is 0 Å². The summed E-state index contributed by atoms with van der Waals surface area (Å²) in [6.45, 7) is 3.73. The van der Waals surface area contributed by atoms with Crippen LogP contribution < -0.4 is 0 Å². The van der Waals surface area contributed by atoms with Gasteiger partial charge in [0.1, 0.15) is 0 Å². The zero-order chi connectivity index (χ0) is 17.5. The van der Waals surface area contributed by atoms with Crippen molar-refractivity contribution in [1.29, 1.82) is 0 Å². The maximum Gasteiger partial charge on any atom is 0.281 e. The molecule has 1 amide bonds. The van der Waals surface area contributed by atoms with Gasteiger partial charge >= 0.3 is 0 Å². The first-order valence-electron chi connectivity index (χ1n) is 8.05. The zero-order valence-corrected chi connectivity index (χ0v) is 15.0. The second-order valence-corrected chi connectivity index (χ2v) is 8.72. The molecule has 0 bridgehead atoms. The number of hydrogen-bond donors (Lipinski definition) is 0. The van der Waals surface area contributed by atoms with E-state index in [9.17, 15) is 13.2 Å². The summed E-state index contributed by atoms with van der Waals surface area (Å²) in [4.78, 5) is 17.7. The summed E-state index contributed by atoms with van der Waals surface area (Å²) in [6, 6.07) is 0. The van der Waals surface area contributed by atoms with E-state index in [0.717, 1.165) is 12.8 Å². The number of piperidine rings is 1. The lowest BCUT2D eigenvalue weighted by molar-refractivity contribution is -0.129. The van der Waals surface area contributed by atoms with Gasteiger partial charge in [-0.3, -0.25) is 4.79 Å². The molecule has 24 heavy (non-hydrogen) atoms. The van der Waals surface area contributed by atoms with Crippen LogP contribution in [0.15, 0.2) is 4.52 Å². The van der Waals surface area contributed by atoms with E-state index in [0.29, 0.717) is 37.9 Å². The third-order valence-corrected chi connectivity index (χ3v) is 6.62. The lowest BCUT2D eigenvalue weighted by Crippen LogP contribution is -2.52. The Morgan fingerprint density at radius 2 is 1.83 bits per heavy atom. The SMILES string of the molecule is CC(=O)N1CCC(c2noc(C3CN(S(=O)(=O)N(C)C)C3)n2)CC1. The second kappa shape index (κ2) is 6.41. The highest BCUT2D eigenvalue weighted by Crippen LogP contribution is 2.31. The van der Waals surface area contributed by atoms with Gasteiger partial charge in [-0.2, -0.15) is 22.0 Å². The van der Waals surface area contributed by atoms with Crippen molar-refractivity contribution in [2.45, 2.75) is 31.6 Å². The van der Waals surface area contributed by atoms with Gasteiger partial charge in [0.2, 0.25) is 11.8 Å². The maximum atomic E-state index is 12.0. The lowest BCUT2D eigenvalue weighted by atomic mass is 9.96. The molecule has 9 nitrogen and oxygen atoms in total. The number of likely N-dealkylation sites (tertiary alicyclic amines) is 1. The number of carbonyl (C=O) groups excluding carboxylic acids is 1. The summed E-state index contributed by atoms with van der Waals surface area (Å²) < 4.78 is 31.9. The standard InChI is InChI=1S/C14H23N5O4S/c1-10(20)18-6-4-11(5-7-18)13-15-14(23-16-13)12-8-19(9-12)24(21,22)17(2)3/h11-12H,4-9H2,1-3H3. The molecule has 0 unspecified atom stereocenters. The first kappa shape index (κ1) is 17.3. The summed E-state index contributed by atoms with van der Waals surface area (Å²) in [5, 5.41) is 4.07. The Morgan fingerprint density at radius 3 is 2.38 bits per heavy atom. The fourth-order valence-electron chi connectivity index (χ4n) is 3.05. The van der Waals surface area contributed by atoms with E-state index < -0.39 is 10.2 Å². The molecule has 0 saturated carbocycles. The van der Waals surface area contributed by atoms with E-state index in [2.05, 4.69) is 10.1 Å². The van der Waals surface area contributed by atoms with Gasteiger partial charge in [-0.15, -0.1) is 0 Å². The van der Waals surface area contributed by atoms with Gasteiger partial charge in [0.15, 0.2) is 5.82 Å². The van der Waals surface area contributed by atoms with Crippen LogP contribution in [-0.2, 0) is 15.0 Å². The molecule has 2 saturated heterocycles. The minimum atomic E-state index is -3.37. The van der Waals surface area contributed by atoms with E-state index in [-0.39, 0.29) is 17.7 Å². The summed E-state index contributed by atoms with van der Waals surface area (Å²) >= 11 is 0. The summed E-state index contributed by atoms with van der Waals surface area (Å²) in [7, 11) is -0.340. The molecule has 3 heterocycles. The first-order chi connectivity index (χ1) is 11.3. The minimum absolute atomic E-state index is 0.0433. The van der Waals surface area contributed by atoms with Crippen LogP contribution in [0.4, 0.5) is 0 Å². The second-order valence-electron chi connectivity index (χ2n) is 6.58. The Bertz CT molecular complexity index is 703. The molecule has 3 rings (SSSR count). The number of carbonyl (C=O) groups is 1. The third kappa shape index (κ3) is 3.17. The van der Waals surface area contributed by atoms with Crippen LogP contribution in [0.2, 0.25) is 0 Å². The van der Waals surface area contributed by atoms with Crippen LogP contribution in [0.1, 0.15) is 43.3 Å². The Hall–Kier alpha value is -1.52. The molecular formula is C14H23N5O4S. The topological polar surface area (TPSA) is 99.8 Å². The normalized spacial score (nSPS) is 21.2. The Kier molecular flexibility index (Phi) is 4.63. The fraction of sp³-hybridized carbons (Fsp3) is 0.786. The molecule has 0 spiro atoms. The number of aromatic nitrogens is 2. The highest BCUT2D eigenvalue weighted by molar-refractivity contribution is 7.86. The summed E-state index contributed by atoms with van der Waals surface area (Å²) in [6.07, 6.45) is 1.65. The van der Waals surface area contributed by atoms with Crippen LogP contribution in [-0.4, -0.2) is 78.3 Å². The van der Waals surface area contributed by atoms with E-state index in [1.54, 1.807) is 6.92 Å². The van der Waals surface area contributed by atoms with Crippen molar-refractivity contribution in [3.05, 3.63) is 11.7 Å².